The van der Waals surface area contributed by atoms with Gasteiger partial charge in [0, 0.05) is 6.54 Å². The second-order valence-electron chi connectivity index (χ2n) is 5.20. The Morgan fingerprint density at radius 3 is 2.36 bits per heavy atom. The van der Waals surface area contributed by atoms with Gasteiger partial charge in [-0.3, -0.25) is 4.72 Å². The van der Waals surface area contributed by atoms with Crippen molar-refractivity contribution in [1.82, 2.24) is 4.72 Å². The molecule has 0 saturated carbocycles. The molecule has 2 aromatic rings. The highest BCUT2D eigenvalue weighted by molar-refractivity contribution is 7.90. The van der Waals surface area contributed by atoms with Gasteiger partial charge in [0.05, 0.1) is 5.69 Å². The normalized spacial score (nSPS) is 11.1. The minimum atomic E-state index is -3.62. The molecule has 0 unspecified atom stereocenters. The summed E-state index contributed by atoms with van der Waals surface area (Å²) >= 11 is 0. The van der Waals surface area contributed by atoms with Crippen LogP contribution in [0.1, 0.15) is 18.1 Å². The van der Waals surface area contributed by atoms with Gasteiger partial charge in [0.2, 0.25) is 0 Å². The molecule has 0 amide bonds. The molecule has 2 N–H and O–H groups in total. The topological polar surface area (TPSA) is 58.2 Å². The van der Waals surface area contributed by atoms with E-state index in [-0.39, 0.29) is 6.54 Å². The van der Waals surface area contributed by atoms with E-state index in [2.05, 4.69) is 16.0 Å². The molecule has 0 radical (unpaired) electrons. The maximum Gasteiger partial charge on any atom is 0.299 e. The van der Waals surface area contributed by atoms with Gasteiger partial charge in [-0.2, -0.15) is 13.1 Å². The third-order valence-electron chi connectivity index (χ3n) is 3.06. The van der Waals surface area contributed by atoms with Crippen LogP contribution in [0.15, 0.2) is 66.7 Å². The van der Waals surface area contributed by atoms with E-state index in [1.807, 2.05) is 49.4 Å². The predicted molar refractivity (Wildman–Crippen MR) is 90.8 cm³/mol. The first-order valence-corrected chi connectivity index (χ1v) is 8.48. The van der Waals surface area contributed by atoms with Crippen molar-refractivity contribution in [3.63, 3.8) is 0 Å². The number of hydrogen-bond acceptors (Lipinski definition) is 2. The Labute approximate surface area is 132 Å². The number of para-hydroxylation sites is 1. The van der Waals surface area contributed by atoms with Gasteiger partial charge in [0.1, 0.15) is 0 Å². The van der Waals surface area contributed by atoms with Crippen molar-refractivity contribution in [2.24, 2.45) is 0 Å². The summed E-state index contributed by atoms with van der Waals surface area (Å²) in [5.74, 6) is 0. The first-order valence-electron chi connectivity index (χ1n) is 7.00. The highest BCUT2D eigenvalue weighted by Crippen LogP contribution is 2.19. The quantitative estimate of drug-likeness (QED) is 0.770. The van der Waals surface area contributed by atoms with Crippen LogP contribution in [0.2, 0.25) is 0 Å². The molecule has 0 saturated heterocycles. The van der Waals surface area contributed by atoms with E-state index >= 15 is 0 Å². The van der Waals surface area contributed by atoms with Crippen molar-refractivity contribution >= 4 is 15.9 Å². The number of allylic oxidation sites excluding steroid dienone is 1. The van der Waals surface area contributed by atoms with Gasteiger partial charge >= 0.3 is 0 Å². The van der Waals surface area contributed by atoms with E-state index in [4.69, 9.17) is 0 Å². The minimum Gasteiger partial charge on any atom is -0.271 e. The van der Waals surface area contributed by atoms with Gasteiger partial charge in [-0.25, -0.2) is 0 Å². The minimum absolute atomic E-state index is 0.249. The second-order valence-corrected chi connectivity index (χ2v) is 6.70. The summed E-state index contributed by atoms with van der Waals surface area (Å²) in [6.45, 7) is 6.04. The van der Waals surface area contributed by atoms with Gasteiger partial charge < -0.3 is 0 Å². The predicted octanol–water partition coefficient (Wildman–Crippen LogP) is 3.25. The molecule has 2 rings (SSSR count). The zero-order valence-corrected chi connectivity index (χ0v) is 13.4. The highest BCUT2D eigenvalue weighted by Gasteiger charge is 2.12. The Morgan fingerprint density at radius 2 is 1.68 bits per heavy atom. The zero-order valence-electron chi connectivity index (χ0n) is 12.5. The molecule has 0 spiro atoms. The van der Waals surface area contributed by atoms with Crippen molar-refractivity contribution in [3.8, 4) is 0 Å². The SMILES string of the molecule is C=C(C)Cc1ccccc1NS(=O)(=O)NCc1ccccc1. The highest BCUT2D eigenvalue weighted by atomic mass is 32.2. The van der Waals surface area contributed by atoms with Crippen LogP contribution in [0.5, 0.6) is 0 Å². The summed E-state index contributed by atoms with van der Waals surface area (Å²) < 4.78 is 29.5. The summed E-state index contributed by atoms with van der Waals surface area (Å²) in [6, 6.07) is 16.7. The fourth-order valence-electron chi connectivity index (χ4n) is 2.05. The van der Waals surface area contributed by atoms with Gasteiger partial charge in [0.15, 0.2) is 0 Å². The fraction of sp³-hybridized carbons (Fsp3) is 0.176. The van der Waals surface area contributed by atoms with Gasteiger partial charge in [-0.05, 0) is 30.5 Å². The van der Waals surface area contributed by atoms with Crippen molar-refractivity contribution < 1.29 is 8.42 Å². The van der Waals surface area contributed by atoms with E-state index in [9.17, 15) is 8.42 Å². The molecule has 4 nitrogen and oxygen atoms in total. The van der Waals surface area contributed by atoms with Gasteiger partial charge in [-0.1, -0.05) is 60.7 Å². The van der Waals surface area contributed by atoms with Crippen LogP contribution >= 0.6 is 0 Å². The zero-order chi connectivity index (χ0) is 16.0. The Kier molecular flexibility index (Phi) is 5.35. The number of benzene rings is 2. The summed E-state index contributed by atoms with van der Waals surface area (Å²) in [4.78, 5) is 0. The van der Waals surface area contributed by atoms with Crippen LogP contribution in [-0.2, 0) is 23.2 Å². The standard InChI is InChI=1S/C17H20N2O2S/c1-14(2)12-16-10-6-7-11-17(16)19-22(20,21)18-13-15-8-4-3-5-9-15/h3-11,18-19H,1,12-13H2,2H3. The van der Waals surface area contributed by atoms with Crippen LogP contribution in [0.25, 0.3) is 0 Å². The largest absolute Gasteiger partial charge is 0.299 e. The molecular formula is C17H20N2O2S. The van der Waals surface area contributed by atoms with E-state index in [0.29, 0.717) is 12.1 Å². The first kappa shape index (κ1) is 16.3. The summed E-state index contributed by atoms with van der Waals surface area (Å²) in [5, 5.41) is 0. The number of anilines is 1. The van der Waals surface area contributed by atoms with Crippen LogP contribution in [0, 0.1) is 0 Å². The van der Waals surface area contributed by atoms with Crippen molar-refractivity contribution in [2.45, 2.75) is 19.9 Å². The molecule has 0 aliphatic rings. The number of rotatable bonds is 7. The molecule has 5 heteroatoms. The van der Waals surface area contributed by atoms with Crippen molar-refractivity contribution in [2.75, 3.05) is 4.72 Å². The summed E-state index contributed by atoms with van der Waals surface area (Å²) in [5.41, 5.74) is 3.36. The first-order chi connectivity index (χ1) is 10.5. The number of hydrogen-bond donors (Lipinski definition) is 2. The molecule has 2 aromatic carbocycles. The average Bonchev–Trinajstić information content (AvgIpc) is 2.48. The lowest BCUT2D eigenvalue weighted by Gasteiger charge is -2.13. The molecule has 0 atom stereocenters. The van der Waals surface area contributed by atoms with E-state index in [1.165, 1.54) is 0 Å². The third kappa shape index (κ3) is 5.02. The maximum atomic E-state index is 12.2. The van der Waals surface area contributed by atoms with Gasteiger partial charge in [-0.15, -0.1) is 0 Å². The summed E-state index contributed by atoms with van der Waals surface area (Å²) in [7, 11) is -3.62. The average molecular weight is 316 g/mol. The van der Waals surface area contributed by atoms with Crippen LogP contribution in [0.3, 0.4) is 0 Å². The van der Waals surface area contributed by atoms with Crippen LogP contribution in [-0.4, -0.2) is 8.42 Å². The third-order valence-corrected chi connectivity index (χ3v) is 4.08. The van der Waals surface area contributed by atoms with Crippen molar-refractivity contribution in [1.29, 1.82) is 0 Å². The maximum absolute atomic E-state index is 12.2. The Morgan fingerprint density at radius 1 is 1.05 bits per heavy atom. The Balaban J connectivity index is 2.07. The van der Waals surface area contributed by atoms with Crippen LogP contribution in [0.4, 0.5) is 5.69 Å². The molecule has 116 valence electrons. The van der Waals surface area contributed by atoms with E-state index in [1.54, 1.807) is 12.1 Å². The molecule has 0 bridgehead atoms. The molecule has 0 aliphatic carbocycles. The Bertz CT molecular complexity index is 740. The Hall–Kier alpha value is -2.11. The lowest BCUT2D eigenvalue weighted by molar-refractivity contribution is 0.587. The van der Waals surface area contributed by atoms with E-state index < -0.39 is 10.2 Å². The molecular weight excluding hydrogens is 296 g/mol. The smallest absolute Gasteiger partial charge is 0.271 e. The summed E-state index contributed by atoms with van der Waals surface area (Å²) in [6.07, 6.45) is 0.636. The van der Waals surface area contributed by atoms with E-state index in [0.717, 1.165) is 16.7 Å². The lowest BCUT2D eigenvalue weighted by atomic mass is 10.1. The fourth-order valence-corrected chi connectivity index (χ4v) is 2.97. The molecule has 0 fully saturated rings. The molecule has 0 aliphatic heterocycles. The second kappa shape index (κ2) is 7.24. The molecule has 0 aromatic heterocycles. The monoisotopic (exact) mass is 316 g/mol. The molecule has 22 heavy (non-hydrogen) atoms. The molecule has 0 heterocycles. The lowest BCUT2D eigenvalue weighted by Crippen LogP contribution is -2.30. The van der Waals surface area contributed by atoms with Gasteiger partial charge in [0.25, 0.3) is 10.2 Å². The van der Waals surface area contributed by atoms with Crippen molar-refractivity contribution in [3.05, 3.63) is 77.9 Å². The van der Waals surface area contributed by atoms with Crippen LogP contribution < -0.4 is 9.44 Å². The number of nitrogens with one attached hydrogen (secondary N) is 2.